The number of nitrogens with one attached hydrogen (secondary N) is 1. The van der Waals surface area contributed by atoms with E-state index in [2.05, 4.69) is 5.32 Å². The van der Waals surface area contributed by atoms with Crippen molar-refractivity contribution in [3.8, 4) is 0 Å². The van der Waals surface area contributed by atoms with Gasteiger partial charge in [0.2, 0.25) is 11.3 Å². The zero-order chi connectivity index (χ0) is 16.3. The van der Waals surface area contributed by atoms with Crippen LogP contribution in [0.2, 0.25) is 0 Å². The van der Waals surface area contributed by atoms with Gasteiger partial charge in [-0.05, 0) is 19.9 Å². The summed E-state index contributed by atoms with van der Waals surface area (Å²) in [4.78, 5) is 37.6. The van der Waals surface area contributed by atoms with Gasteiger partial charge in [-0.2, -0.15) is 0 Å². The molecule has 1 unspecified atom stereocenters. The summed E-state index contributed by atoms with van der Waals surface area (Å²) in [6.45, 7) is 5.04. The summed E-state index contributed by atoms with van der Waals surface area (Å²) in [5, 5.41) is 2.70. The second-order valence-electron chi connectivity index (χ2n) is 5.01. The molecule has 0 radical (unpaired) electrons. The lowest BCUT2D eigenvalue weighted by molar-refractivity contribution is -0.170. The number of fused-ring (bicyclic) bond motifs is 1. The number of carbonyl (C=O) groups excluding carboxylic acids is 3. The van der Waals surface area contributed by atoms with Gasteiger partial charge in [0.05, 0.1) is 19.1 Å². The number of anilines is 1. The molecule has 1 aromatic rings. The lowest BCUT2D eigenvalue weighted by atomic mass is 9.67. The molecule has 6 heteroatoms. The van der Waals surface area contributed by atoms with Crippen molar-refractivity contribution in [2.75, 3.05) is 18.5 Å². The minimum Gasteiger partial charge on any atom is -0.465 e. The van der Waals surface area contributed by atoms with Crippen LogP contribution in [0.1, 0.15) is 26.3 Å². The average Bonchev–Trinajstić information content (AvgIpc) is 2.49. The highest BCUT2D eigenvalue weighted by atomic mass is 16.6. The molecule has 2 rings (SSSR count). The zero-order valence-electron chi connectivity index (χ0n) is 12.8. The van der Waals surface area contributed by atoms with Crippen molar-refractivity contribution in [2.24, 2.45) is 5.92 Å². The third-order valence-electron chi connectivity index (χ3n) is 3.85. The fourth-order valence-corrected chi connectivity index (χ4v) is 2.75. The Morgan fingerprint density at radius 2 is 1.68 bits per heavy atom. The molecule has 0 saturated heterocycles. The van der Waals surface area contributed by atoms with Crippen LogP contribution in [-0.2, 0) is 29.3 Å². The Bertz CT molecular complexity index is 592. The number of carbonyl (C=O) groups is 3. The molecule has 1 N–H and O–H groups in total. The zero-order valence-corrected chi connectivity index (χ0v) is 12.8. The fraction of sp³-hybridized carbons (Fsp3) is 0.438. The summed E-state index contributed by atoms with van der Waals surface area (Å²) in [7, 11) is 0. The van der Waals surface area contributed by atoms with Crippen molar-refractivity contribution in [2.45, 2.75) is 26.2 Å². The highest BCUT2D eigenvalue weighted by Gasteiger charge is 2.60. The van der Waals surface area contributed by atoms with Crippen LogP contribution >= 0.6 is 0 Å². The van der Waals surface area contributed by atoms with E-state index in [1.54, 1.807) is 38.1 Å². The molecule has 1 amide bonds. The Morgan fingerprint density at radius 3 is 2.23 bits per heavy atom. The Morgan fingerprint density at radius 1 is 1.14 bits per heavy atom. The standard InChI is InChI=1S/C16H19NO5/c1-4-21-14(19)16(15(20)22-5-2)10(3)13(18)17-12-9-7-6-8-11(12)16/h6-10H,4-5H2,1-3H3,(H,17,18). The van der Waals surface area contributed by atoms with Crippen molar-refractivity contribution >= 4 is 23.5 Å². The molecule has 1 aliphatic rings. The molecular weight excluding hydrogens is 286 g/mol. The maximum atomic E-state index is 12.7. The van der Waals surface area contributed by atoms with E-state index in [1.165, 1.54) is 6.92 Å². The predicted octanol–water partition coefficient (Wildman–Crippen LogP) is 1.64. The number of para-hydroxylation sites is 1. The van der Waals surface area contributed by atoms with E-state index in [0.29, 0.717) is 11.3 Å². The molecule has 1 atom stereocenters. The minimum atomic E-state index is -1.77. The van der Waals surface area contributed by atoms with Crippen LogP contribution in [0.3, 0.4) is 0 Å². The molecule has 6 nitrogen and oxygen atoms in total. The van der Waals surface area contributed by atoms with E-state index < -0.39 is 29.2 Å². The average molecular weight is 305 g/mol. The van der Waals surface area contributed by atoms with Crippen LogP contribution in [0.25, 0.3) is 0 Å². The number of amides is 1. The smallest absolute Gasteiger partial charge is 0.328 e. The van der Waals surface area contributed by atoms with Gasteiger partial charge in [0.15, 0.2) is 0 Å². The van der Waals surface area contributed by atoms with Crippen LogP contribution in [0.15, 0.2) is 24.3 Å². The number of esters is 2. The summed E-state index contributed by atoms with van der Waals surface area (Å²) in [6.07, 6.45) is 0. The first kappa shape index (κ1) is 16.0. The summed E-state index contributed by atoms with van der Waals surface area (Å²) in [5.41, 5.74) is -0.948. The van der Waals surface area contributed by atoms with Gasteiger partial charge in [-0.25, -0.2) is 0 Å². The Balaban J connectivity index is 2.71. The number of hydrogen-bond acceptors (Lipinski definition) is 5. The lowest BCUT2D eigenvalue weighted by Gasteiger charge is -2.38. The quantitative estimate of drug-likeness (QED) is 0.675. The molecular formula is C16H19NO5. The van der Waals surface area contributed by atoms with Crippen molar-refractivity contribution in [1.29, 1.82) is 0 Å². The van der Waals surface area contributed by atoms with Crippen molar-refractivity contribution in [3.63, 3.8) is 0 Å². The van der Waals surface area contributed by atoms with E-state index in [-0.39, 0.29) is 13.2 Å². The predicted molar refractivity (Wildman–Crippen MR) is 79.2 cm³/mol. The van der Waals surface area contributed by atoms with Gasteiger partial charge < -0.3 is 14.8 Å². The Hall–Kier alpha value is -2.37. The van der Waals surface area contributed by atoms with Crippen LogP contribution in [-0.4, -0.2) is 31.1 Å². The number of hydrogen-bond donors (Lipinski definition) is 1. The molecule has 0 bridgehead atoms. The summed E-state index contributed by atoms with van der Waals surface area (Å²) in [5.74, 6) is -2.87. The van der Waals surface area contributed by atoms with Gasteiger partial charge in [-0.1, -0.05) is 25.1 Å². The topological polar surface area (TPSA) is 81.7 Å². The highest BCUT2D eigenvalue weighted by Crippen LogP contribution is 2.43. The Kier molecular flexibility index (Phi) is 4.49. The van der Waals surface area contributed by atoms with E-state index in [0.717, 1.165) is 0 Å². The van der Waals surface area contributed by atoms with Gasteiger partial charge in [-0.15, -0.1) is 0 Å². The molecule has 22 heavy (non-hydrogen) atoms. The first-order valence-corrected chi connectivity index (χ1v) is 7.24. The van der Waals surface area contributed by atoms with Crippen molar-refractivity contribution in [1.82, 2.24) is 0 Å². The van der Waals surface area contributed by atoms with Gasteiger partial charge in [0.25, 0.3) is 0 Å². The van der Waals surface area contributed by atoms with Gasteiger partial charge >= 0.3 is 11.9 Å². The highest BCUT2D eigenvalue weighted by molar-refractivity contribution is 6.15. The maximum Gasteiger partial charge on any atom is 0.328 e. The molecule has 0 aromatic heterocycles. The molecule has 1 heterocycles. The normalized spacial score (nSPS) is 18.9. The molecule has 0 spiro atoms. The SMILES string of the molecule is CCOC(=O)C1(C(=O)OCC)c2ccccc2NC(=O)C1C. The monoisotopic (exact) mass is 305 g/mol. The van der Waals surface area contributed by atoms with Gasteiger partial charge in [0.1, 0.15) is 0 Å². The largest absolute Gasteiger partial charge is 0.465 e. The first-order valence-electron chi connectivity index (χ1n) is 7.24. The van der Waals surface area contributed by atoms with Crippen molar-refractivity contribution < 1.29 is 23.9 Å². The van der Waals surface area contributed by atoms with Crippen LogP contribution in [0.4, 0.5) is 5.69 Å². The van der Waals surface area contributed by atoms with E-state index in [1.807, 2.05) is 0 Å². The number of rotatable bonds is 4. The van der Waals surface area contributed by atoms with Gasteiger partial charge in [-0.3, -0.25) is 14.4 Å². The Labute approximate surface area is 128 Å². The van der Waals surface area contributed by atoms with Gasteiger partial charge in [0, 0.05) is 11.3 Å². The number of benzene rings is 1. The minimum absolute atomic E-state index is 0.108. The van der Waals surface area contributed by atoms with E-state index in [4.69, 9.17) is 9.47 Å². The first-order chi connectivity index (χ1) is 10.5. The second-order valence-corrected chi connectivity index (χ2v) is 5.01. The molecule has 0 aliphatic carbocycles. The fourth-order valence-electron chi connectivity index (χ4n) is 2.75. The lowest BCUT2D eigenvalue weighted by Crippen LogP contribution is -2.57. The second kappa shape index (κ2) is 6.17. The molecule has 0 fully saturated rings. The number of ether oxygens (including phenoxy) is 2. The van der Waals surface area contributed by atoms with Crippen molar-refractivity contribution in [3.05, 3.63) is 29.8 Å². The van der Waals surface area contributed by atoms with E-state index >= 15 is 0 Å². The summed E-state index contributed by atoms with van der Waals surface area (Å²) < 4.78 is 10.2. The molecule has 1 aliphatic heterocycles. The molecule has 118 valence electrons. The van der Waals surface area contributed by atoms with Crippen LogP contribution < -0.4 is 5.32 Å². The van der Waals surface area contributed by atoms with E-state index in [9.17, 15) is 14.4 Å². The third-order valence-corrected chi connectivity index (χ3v) is 3.85. The summed E-state index contributed by atoms with van der Waals surface area (Å²) in [6, 6.07) is 6.71. The van der Waals surface area contributed by atoms with Crippen LogP contribution in [0, 0.1) is 5.92 Å². The third kappa shape index (κ3) is 2.24. The maximum absolute atomic E-state index is 12.7. The van der Waals surface area contributed by atoms with Crippen LogP contribution in [0.5, 0.6) is 0 Å². The molecule has 1 aromatic carbocycles. The summed E-state index contributed by atoms with van der Waals surface area (Å²) >= 11 is 0. The molecule has 0 saturated carbocycles.